The third kappa shape index (κ3) is 5.93. The topological polar surface area (TPSA) is 76.0 Å². The Balaban J connectivity index is 1.60. The third-order valence-electron chi connectivity index (χ3n) is 8.98. The number of aliphatic hydroxyl groups is 2. The van der Waals surface area contributed by atoms with Gasteiger partial charge in [0, 0.05) is 13.0 Å². The van der Waals surface area contributed by atoms with Gasteiger partial charge in [0.05, 0.1) is 18.6 Å². The summed E-state index contributed by atoms with van der Waals surface area (Å²) in [6, 6.07) is 0. The van der Waals surface area contributed by atoms with Gasteiger partial charge in [-0.2, -0.15) is 0 Å². The summed E-state index contributed by atoms with van der Waals surface area (Å²) >= 11 is 0. The Morgan fingerprint density at radius 3 is 2.48 bits per heavy atom. The van der Waals surface area contributed by atoms with Crippen molar-refractivity contribution in [2.75, 3.05) is 6.61 Å². The Morgan fingerprint density at radius 1 is 1.13 bits per heavy atom. The number of hydrogen-bond donors (Lipinski definition) is 2. The first-order valence-corrected chi connectivity index (χ1v) is 15.5. The highest BCUT2D eigenvalue weighted by atomic mass is 28.4. The van der Waals surface area contributed by atoms with Gasteiger partial charge in [0.2, 0.25) is 0 Å². The summed E-state index contributed by atoms with van der Waals surface area (Å²) in [6.45, 7) is 13.7. The molecule has 6 heteroatoms. The molecule has 3 fully saturated rings. The summed E-state index contributed by atoms with van der Waals surface area (Å²) in [5.74, 6) is 2.01. The number of carbonyl (C=O) groups excluding carboxylic acids is 1. The zero-order valence-electron chi connectivity index (χ0n) is 20.6. The molecule has 31 heavy (non-hydrogen) atoms. The minimum Gasteiger partial charge on any atom is -0.462 e. The van der Waals surface area contributed by atoms with E-state index in [0.29, 0.717) is 30.1 Å². The highest BCUT2D eigenvalue weighted by Crippen LogP contribution is 2.49. The first kappa shape index (κ1) is 25.2. The maximum absolute atomic E-state index is 12.3. The second-order valence-electron chi connectivity index (χ2n) is 12.3. The van der Waals surface area contributed by atoms with Gasteiger partial charge in [0.25, 0.3) is 0 Å². The van der Waals surface area contributed by atoms with E-state index >= 15 is 0 Å². The van der Waals surface area contributed by atoms with Gasteiger partial charge in [0.1, 0.15) is 6.10 Å². The van der Waals surface area contributed by atoms with E-state index in [4.69, 9.17) is 9.16 Å². The van der Waals surface area contributed by atoms with Crippen LogP contribution in [0.2, 0.25) is 18.1 Å². The standard InChI is InChI=1S/C25H46O5Si/c1-16-7-8-18-11-17(15-26)12-22(27)24(18)21(16)10-9-19-13-20(14-23(28)29-19)30-31(5,6)25(2,3)4/h16-22,24,26-27H,7-15H2,1-6H3/t16-,17-,18-,19+,20+,21-,22-,24-/m0/s1. The molecule has 3 rings (SSSR count). The molecule has 0 amide bonds. The van der Waals surface area contributed by atoms with Gasteiger partial charge in [-0.1, -0.05) is 34.1 Å². The van der Waals surface area contributed by atoms with E-state index in [1.54, 1.807) is 0 Å². The summed E-state index contributed by atoms with van der Waals surface area (Å²) in [6.07, 6.45) is 6.72. The van der Waals surface area contributed by atoms with Crippen LogP contribution in [0.3, 0.4) is 0 Å². The lowest BCUT2D eigenvalue weighted by Crippen LogP contribution is -2.48. The molecule has 1 heterocycles. The number of ether oxygens (including phenoxy) is 1. The molecule has 0 unspecified atom stereocenters. The molecule has 1 saturated heterocycles. The smallest absolute Gasteiger partial charge is 0.308 e. The number of aliphatic hydroxyl groups excluding tert-OH is 2. The van der Waals surface area contributed by atoms with E-state index < -0.39 is 8.32 Å². The van der Waals surface area contributed by atoms with Crippen molar-refractivity contribution in [3.8, 4) is 0 Å². The maximum atomic E-state index is 12.3. The summed E-state index contributed by atoms with van der Waals surface area (Å²) in [5, 5.41) is 20.6. The van der Waals surface area contributed by atoms with Crippen molar-refractivity contribution < 1.29 is 24.2 Å². The lowest BCUT2D eigenvalue weighted by molar-refractivity contribution is -0.160. The fourth-order valence-corrected chi connectivity index (χ4v) is 7.59. The Labute approximate surface area is 190 Å². The molecule has 0 aromatic rings. The molecule has 2 aliphatic carbocycles. The van der Waals surface area contributed by atoms with Crippen LogP contribution in [0.1, 0.15) is 79.1 Å². The zero-order chi connectivity index (χ0) is 23.0. The molecule has 0 aromatic heterocycles. The number of esters is 1. The number of carbonyl (C=O) groups is 1. The van der Waals surface area contributed by atoms with Gasteiger partial charge >= 0.3 is 5.97 Å². The van der Waals surface area contributed by atoms with Gasteiger partial charge in [-0.3, -0.25) is 4.79 Å². The van der Waals surface area contributed by atoms with E-state index in [2.05, 4.69) is 40.8 Å². The van der Waals surface area contributed by atoms with Crippen LogP contribution < -0.4 is 0 Å². The largest absolute Gasteiger partial charge is 0.462 e. The molecular weight excluding hydrogens is 408 g/mol. The van der Waals surface area contributed by atoms with Gasteiger partial charge in [0.15, 0.2) is 8.32 Å². The minimum atomic E-state index is -1.92. The van der Waals surface area contributed by atoms with Crippen molar-refractivity contribution >= 4 is 14.3 Å². The van der Waals surface area contributed by atoms with Crippen molar-refractivity contribution in [2.24, 2.45) is 29.6 Å². The molecule has 8 atom stereocenters. The van der Waals surface area contributed by atoms with E-state index in [0.717, 1.165) is 38.5 Å². The molecule has 180 valence electrons. The second-order valence-corrected chi connectivity index (χ2v) is 17.0. The Hall–Kier alpha value is -0.433. The maximum Gasteiger partial charge on any atom is 0.308 e. The normalized spacial score (nSPS) is 39.7. The molecule has 3 aliphatic rings. The van der Waals surface area contributed by atoms with Crippen LogP contribution in [0.15, 0.2) is 0 Å². The predicted octanol–water partition coefficient (Wildman–Crippen LogP) is 4.90. The summed E-state index contributed by atoms with van der Waals surface area (Å²) in [4.78, 5) is 12.3. The quantitative estimate of drug-likeness (QED) is 0.441. The van der Waals surface area contributed by atoms with E-state index in [1.165, 1.54) is 6.42 Å². The van der Waals surface area contributed by atoms with Gasteiger partial charge in [-0.05, 0) is 79.8 Å². The van der Waals surface area contributed by atoms with E-state index in [-0.39, 0.29) is 41.8 Å². The average molecular weight is 455 g/mol. The van der Waals surface area contributed by atoms with Crippen molar-refractivity contribution in [3.63, 3.8) is 0 Å². The third-order valence-corrected chi connectivity index (χ3v) is 13.5. The molecule has 0 spiro atoms. The van der Waals surface area contributed by atoms with Crippen LogP contribution in [0.5, 0.6) is 0 Å². The molecular formula is C25H46O5Si. The Bertz CT molecular complexity index is 616. The van der Waals surface area contributed by atoms with Crippen LogP contribution in [-0.4, -0.2) is 49.4 Å². The van der Waals surface area contributed by atoms with Crippen LogP contribution >= 0.6 is 0 Å². The summed E-state index contributed by atoms with van der Waals surface area (Å²) in [7, 11) is -1.92. The van der Waals surface area contributed by atoms with E-state index in [1.807, 2.05) is 0 Å². The van der Waals surface area contributed by atoms with Gasteiger partial charge in [-0.15, -0.1) is 0 Å². The molecule has 0 bridgehead atoms. The summed E-state index contributed by atoms with van der Waals surface area (Å²) < 4.78 is 12.3. The highest BCUT2D eigenvalue weighted by molar-refractivity contribution is 6.74. The van der Waals surface area contributed by atoms with Gasteiger partial charge < -0.3 is 19.4 Å². The fourth-order valence-electron chi connectivity index (χ4n) is 6.22. The molecule has 0 radical (unpaired) electrons. The number of cyclic esters (lactones) is 1. The zero-order valence-corrected chi connectivity index (χ0v) is 21.6. The predicted molar refractivity (Wildman–Crippen MR) is 125 cm³/mol. The Kier molecular flexibility index (Phi) is 7.98. The Morgan fingerprint density at radius 2 is 1.84 bits per heavy atom. The molecule has 2 saturated carbocycles. The first-order valence-electron chi connectivity index (χ1n) is 12.6. The number of rotatable bonds is 6. The minimum absolute atomic E-state index is 0.0331. The van der Waals surface area contributed by atoms with Crippen LogP contribution in [0.4, 0.5) is 0 Å². The van der Waals surface area contributed by atoms with Crippen LogP contribution in [0, 0.1) is 29.6 Å². The van der Waals surface area contributed by atoms with Crippen LogP contribution in [0.25, 0.3) is 0 Å². The number of hydrogen-bond acceptors (Lipinski definition) is 5. The average Bonchev–Trinajstić information content (AvgIpc) is 2.65. The summed E-state index contributed by atoms with van der Waals surface area (Å²) in [5.41, 5.74) is 0. The highest BCUT2D eigenvalue weighted by Gasteiger charge is 2.46. The van der Waals surface area contributed by atoms with Crippen molar-refractivity contribution in [2.45, 2.75) is 116 Å². The molecule has 1 aliphatic heterocycles. The van der Waals surface area contributed by atoms with Crippen molar-refractivity contribution in [3.05, 3.63) is 0 Å². The van der Waals surface area contributed by atoms with Gasteiger partial charge in [-0.25, -0.2) is 0 Å². The van der Waals surface area contributed by atoms with E-state index in [9.17, 15) is 15.0 Å². The first-order chi connectivity index (χ1) is 14.4. The van der Waals surface area contributed by atoms with Crippen LogP contribution in [-0.2, 0) is 14.0 Å². The van der Waals surface area contributed by atoms with Crippen molar-refractivity contribution in [1.82, 2.24) is 0 Å². The monoisotopic (exact) mass is 454 g/mol. The molecule has 0 aromatic carbocycles. The molecule has 2 N–H and O–H groups in total. The number of fused-ring (bicyclic) bond motifs is 1. The lowest BCUT2D eigenvalue weighted by atomic mass is 9.58. The van der Waals surface area contributed by atoms with Crippen molar-refractivity contribution in [1.29, 1.82) is 0 Å². The lowest BCUT2D eigenvalue weighted by Gasteiger charge is -2.49. The second kappa shape index (κ2) is 9.82. The SMILES string of the molecule is C[C@H]1CC[C@H]2C[C@H](CO)C[C@H](O)[C@@H]2[C@H]1CC[C@@H]1C[C@@H](O[Si](C)(C)C(C)(C)C)CC(=O)O1. The molecule has 5 nitrogen and oxygen atoms in total. The fraction of sp³-hybridized carbons (Fsp3) is 0.960.